The van der Waals surface area contributed by atoms with Crippen LogP contribution in [0, 0.1) is 5.92 Å². The third-order valence-electron chi connectivity index (χ3n) is 5.36. The first-order chi connectivity index (χ1) is 12.4. The number of ketones is 1. The van der Waals surface area contributed by atoms with Gasteiger partial charge in [0.2, 0.25) is 0 Å². The Balaban J connectivity index is 2.40. The Morgan fingerprint density at radius 1 is 1.27 bits per heavy atom. The fourth-order valence-electron chi connectivity index (χ4n) is 3.61. The quantitative estimate of drug-likeness (QED) is 0.294. The van der Waals surface area contributed by atoms with Crippen LogP contribution in [0.4, 0.5) is 0 Å². The molecule has 0 amide bonds. The van der Waals surface area contributed by atoms with E-state index in [1.807, 2.05) is 6.08 Å². The average molecular weight is 369 g/mol. The van der Waals surface area contributed by atoms with E-state index >= 15 is 0 Å². The van der Waals surface area contributed by atoms with Gasteiger partial charge in [-0.25, -0.2) is 0 Å². The number of carbonyl (C=O) groups excluding carboxylic acids is 2. The zero-order valence-corrected chi connectivity index (χ0v) is 16.4. The molecule has 0 aliphatic heterocycles. The molecular weight excluding hydrogens is 332 g/mol. The molecule has 1 aliphatic carbocycles. The minimum atomic E-state index is -1.29. The number of hydrogen-bond donors (Lipinski definition) is 2. The van der Waals surface area contributed by atoms with E-state index in [1.54, 1.807) is 6.08 Å². The van der Waals surface area contributed by atoms with Crippen LogP contribution in [0.5, 0.6) is 0 Å². The Morgan fingerprint density at radius 3 is 2.69 bits per heavy atom. The monoisotopic (exact) mass is 368 g/mol. The van der Waals surface area contributed by atoms with Crippen LogP contribution in [0.2, 0.25) is 0 Å². The molecule has 1 saturated carbocycles. The first kappa shape index (κ1) is 22.8. The Hall–Kier alpha value is -1.20. The first-order valence-corrected chi connectivity index (χ1v) is 10.1. The number of Topliss-reactive ketones (excluding diaryl/α,β-unsaturated/α-hetero) is 1. The molecule has 1 fully saturated rings. The SMILES string of the molecule is CCCCC[C@H](O)C=C[C@H]1CCC(=O)[C@]1(O)CCCCCCC(=O)OC. The summed E-state index contributed by atoms with van der Waals surface area (Å²) in [6.07, 6.45) is 12.2. The Bertz CT molecular complexity index is 459. The van der Waals surface area contributed by atoms with Crippen LogP contribution in [-0.2, 0) is 14.3 Å². The lowest BCUT2D eigenvalue weighted by Crippen LogP contribution is -2.39. The van der Waals surface area contributed by atoms with Gasteiger partial charge in [-0.1, -0.05) is 57.6 Å². The number of hydrogen-bond acceptors (Lipinski definition) is 5. The summed E-state index contributed by atoms with van der Waals surface area (Å²) in [5.74, 6) is -0.481. The normalized spacial score (nSPS) is 24.3. The van der Waals surface area contributed by atoms with Crippen LogP contribution < -0.4 is 0 Å². The Kier molecular flexibility index (Phi) is 10.7. The lowest BCUT2D eigenvalue weighted by atomic mass is 9.84. The Labute approximate surface area is 157 Å². The van der Waals surface area contributed by atoms with Crippen LogP contribution >= 0.6 is 0 Å². The Morgan fingerprint density at radius 2 is 2.00 bits per heavy atom. The van der Waals surface area contributed by atoms with Crippen molar-refractivity contribution in [1.82, 2.24) is 0 Å². The summed E-state index contributed by atoms with van der Waals surface area (Å²) in [6.45, 7) is 2.13. The third kappa shape index (κ3) is 7.58. The van der Waals surface area contributed by atoms with Crippen molar-refractivity contribution >= 4 is 11.8 Å². The zero-order chi connectivity index (χ0) is 19.4. The third-order valence-corrected chi connectivity index (χ3v) is 5.36. The minimum Gasteiger partial charge on any atom is -0.469 e. The van der Waals surface area contributed by atoms with Gasteiger partial charge in [0.15, 0.2) is 5.78 Å². The van der Waals surface area contributed by atoms with Gasteiger partial charge in [0.05, 0.1) is 13.2 Å². The molecule has 0 unspecified atom stereocenters. The van der Waals surface area contributed by atoms with Crippen molar-refractivity contribution in [1.29, 1.82) is 0 Å². The van der Waals surface area contributed by atoms with E-state index in [2.05, 4.69) is 11.7 Å². The van der Waals surface area contributed by atoms with E-state index in [-0.39, 0.29) is 17.7 Å². The molecule has 0 radical (unpaired) electrons. The molecule has 0 saturated heterocycles. The summed E-state index contributed by atoms with van der Waals surface area (Å²) in [7, 11) is 1.39. The van der Waals surface area contributed by atoms with Gasteiger partial charge in [0.25, 0.3) is 0 Å². The summed E-state index contributed by atoms with van der Waals surface area (Å²) in [5.41, 5.74) is -1.29. The topological polar surface area (TPSA) is 83.8 Å². The van der Waals surface area contributed by atoms with Crippen molar-refractivity contribution in [3.8, 4) is 0 Å². The lowest BCUT2D eigenvalue weighted by Gasteiger charge is -2.27. The highest BCUT2D eigenvalue weighted by atomic mass is 16.5. The molecule has 1 rings (SSSR count). The number of aliphatic hydroxyl groups excluding tert-OH is 1. The molecule has 0 bridgehead atoms. The molecule has 150 valence electrons. The van der Waals surface area contributed by atoms with E-state index in [1.165, 1.54) is 7.11 Å². The van der Waals surface area contributed by atoms with Gasteiger partial charge in [0, 0.05) is 18.8 Å². The van der Waals surface area contributed by atoms with Gasteiger partial charge in [-0.05, 0) is 25.7 Å². The van der Waals surface area contributed by atoms with Gasteiger partial charge in [-0.2, -0.15) is 0 Å². The molecule has 0 aromatic heterocycles. The van der Waals surface area contributed by atoms with Crippen LogP contribution in [0.3, 0.4) is 0 Å². The summed E-state index contributed by atoms with van der Waals surface area (Å²) in [5, 5.41) is 20.9. The predicted octanol–water partition coefficient (Wildman–Crippen LogP) is 3.71. The molecule has 0 aromatic rings. The second-order valence-electron chi connectivity index (χ2n) is 7.43. The van der Waals surface area contributed by atoms with Crippen LogP contribution in [0.25, 0.3) is 0 Å². The number of rotatable bonds is 13. The standard InChI is InChI=1S/C21H36O5/c1-3-4-7-10-18(22)14-12-17-13-15-19(23)21(17,25)16-9-6-5-8-11-20(24)26-2/h12,14,17-18,22,25H,3-11,13,15-16H2,1-2H3/t17-,18-,21-/m0/s1. The fraction of sp³-hybridized carbons (Fsp3) is 0.810. The summed E-state index contributed by atoms with van der Waals surface area (Å²) < 4.78 is 4.61. The second-order valence-corrected chi connectivity index (χ2v) is 7.43. The number of unbranched alkanes of at least 4 members (excludes halogenated alkanes) is 5. The summed E-state index contributed by atoms with van der Waals surface area (Å²) in [4.78, 5) is 23.3. The van der Waals surface area contributed by atoms with Crippen molar-refractivity contribution < 1.29 is 24.5 Å². The zero-order valence-electron chi connectivity index (χ0n) is 16.4. The molecule has 1 aliphatic rings. The fourth-order valence-corrected chi connectivity index (χ4v) is 3.61. The van der Waals surface area contributed by atoms with Gasteiger partial charge in [-0.3, -0.25) is 9.59 Å². The highest BCUT2D eigenvalue weighted by molar-refractivity contribution is 5.90. The minimum absolute atomic E-state index is 0.0813. The molecule has 3 atom stereocenters. The van der Waals surface area contributed by atoms with E-state index in [9.17, 15) is 19.8 Å². The molecular formula is C21H36O5. The molecule has 0 heterocycles. The van der Waals surface area contributed by atoms with Crippen molar-refractivity contribution in [2.45, 2.75) is 95.7 Å². The van der Waals surface area contributed by atoms with Gasteiger partial charge >= 0.3 is 5.97 Å². The maximum atomic E-state index is 12.2. The molecule has 5 heteroatoms. The van der Waals surface area contributed by atoms with Crippen molar-refractivity contribution in [3.05, 3.63) is 12.2 Å². The van der Waals surface area contributed by atoms with Gasteiger partial charge in [0.1, 0.15) is 5.60 Å². The maximum absolute atomic E-state index is 12.2. The van der Waals surface area contributed by atoms with Crippen molar-refractivity contribution in [3.63, 3.8) is 0 Å². The van der Waals surface area contributed by atoms with Gasteiger partial charge in [-0.15, -0.1) is 0 Å². The number of ether oxygens (including phenoxy) is 1. The second kappa shape index (κ2) is 12.2. The van der Waals surface area contributed by atoms with Crippen LogP contribution in [-0.4, -0.2) is 40.8 Å². The number of aliphatic hydroxyl groups is 2. The molecule has 5 nitrogen and oxygen atoms in total. The van der Waals surface area contributed by atoms with Gasteiger partial charge < -0.3 is 14.9 Å². The largest absolute Gasteiger partial charge is 0.469 e. The first-order valence-electron chi connectivity index (χ1n) is 10.1. The number of methoxy groups -OCH3 is 1. The highest BCUT2D eigenvalue weighted by Gasteiger charge is 2.46. The van der Waals surface area contributed by atoms with E-state index in [4.69, 9.17) is 0 Å². The van der Waals surface area contributed by atoms with E-state index in [0.29, 0.717) is 25.7 Å². The lowest BCUT2D eigenvalue weighted by molar-refractivity contribution is -0.140. The smallest absolute Gasteiger partial charge is 0.305 e. The molecule has 0 spiro atoms. The summed E-state index contributed by atoms with van der Waals surface area (Å²) in [6, 6.07) is 0. The summed E-state index contributed by atoms with van der Waals surface area (Å²) >= 11 is 0. The molecule has 2 N–H and O–H groups in total. The molecule has 26 heavy (non-hydrogen) atoms. The number of esters is 1. The predicted molar refractivity (Wildman–Crippen MR) is 102 cm³/mol. The maximum Gasteiger partial charge on any atom is 0.305 e. The highest BCUT2D eigenvalue weighted by Crippen LogP contribution is 2.38. The number of carbonyl (C=O) groups is 2. The van der Waals surface area contributed by atoms with Crippen LogP contribution in [0.1, 0.15) is 84.0 Å². The van der Waals surface area contributed by atoms with E-state index in [0.717, 1.165) is 51.4 Å². The average Bonchev–Trinajstić information content (AvgIpc) is 2.91. The van der Waals surface area contributed by atoms with Crippen molar-refractivity contribution in [2.24, 2.45) is 5.92 Å². The van der Waals surface area contributed by atoms with Crippen LogP contribution in [0.15, 0.2) is 12.2 Å². The van der Waals surface area contributed by atoms with E-state index < -0.39 is 11.7 Å². The van der Waals surface area contributed by atoms with Crippen molar-refractivity contribution in [2.75, 3.05) is 7.11 Å². The molecule has 0 aromatic carbocycles.